The third-order valence-corrected chi connectivity index (χ3v) is 5.38. The number of nitrogens with zero attached hydrogens (tertiary/aromatic N) is 4. The molecule has 1 saturated heterocycles. The summed E-state index contributed by atoms with van der Waals surface area (Å²) in [6.45, 7) is 5.40. The molecular weight excluding hydrogens is 310 g/mol. The third-order valence-electron chi connectivity index (χ3n) is 4.24. The molecular formula is C16H21N5OS. The van der Waals surface area contributed by atoms with Crippen molar-refractivity contribution >= 4 is 17.2 Å². The highest BCUT2D eigenvalue weighted by Crippen LogP contribution is 2.28. The maximum atomic E-state index is 12.8. The van der Waals surface area contributed by atoms with Crippen molar-refractivity contribution in [3.05, 3.63) is 29.0 Å². The Balaban J connectivity index is 1.81. The van der Waals surface area contributed by atoms with Crippen molar-refractivity contribution in [3.63, 3.8) is 0 Å². The number of carbonyl (C=O) groups excluding carboxylic acids is 1. The van der Waals surface area contributed by atoms with Crippen molar-refractivity contribution in [2.45, 2.75) is 32.7 Å². The zero-order valence-corrected chi connectivity index (χ0v) is 14.2. The number of likely N-dealkylation sites (tertiary alicyclic amines) is 1. The number of amides is 1. The van der Waals surface area contributed by atoms with E-state index in [2.05, 4.69) is 15.0 Å². The highest BCUT2D eigenvalue weighted by Gasteiger charge is 2.29. The molecule has 2 aromatic heterocycles. The highest BCUT2D eigenvalue weighted by molar-refractivity contribution is 7.17. The maximum absolute atomic E-state index is 12.8. The van der Waals surface area contributed by atoms with E-state index in [9.17, 15) is 4.79 Å². The summed E-state index contributed by atoms with van der Waals surface area (Å²) in [7, 11) is 0. The minimum absolute atomic E-state index is 0.0486. The van der Waals surface area contributed by atoms with Gasteiger partial charge >= 0.3 is 0 Å². The van der Waals surface area contributed by atoms with Crippen molar-refractivity contribution in [3.8, 4) is 10.8 Å². The Morgan fingerprint density at radius 1 is 1.43 bits per heavy atom. The molecule has 0 bridgehead atoms. The third kappa shape index (κ3) is 3.40. The van der Waals surface area contributed by atoms with Gasteiger partial charge in [-0.3, -0.25) is 4.79 Å². The summed E-state index contributed by atoms with van der Waals surface area (Å²) in [6, 6.07) is 1.87. The summed E-state index contributed by atoms with van der Waals surface area (Å²) in [4.78, 5) is 28.3. The predicted octanol–water partition coefficient (Wildman–Crippen LogP) is 2.11. The van der Waals surface area contributed by atoms with E-state index < -0.39 is 0 Å². The molecule has 1 fully saturated rings. The number of carbonyl (C=O) groups is 1. The van der Waals surface area contributed by atoms with Gasteiger partial charge in [0.15, 0.2) is 10.8 Å². The number of nitrogens with two attached hydrogens (primary N) is 1. The summed E-state index contributed by atoms with van der Waals surface area (Å²) in [5.74, 6) is 0.983. The van der Waals surface area contributed by atoms with Crippen molar-refractivity contribution in [2.75, 3.05) is 13.1 Å². The normalized spacial score (nSPS) is 19.6. The smallest absolute Gasteiger partial charge is 0.265 e. The Hall–Kier alpha value is -1.86. The first kappa shape index (κ1) is 16.0. The molecule has 122 valence electrons. The Labute approximate surface area is 139 Å². The average molecular weight is 331 g/mol. The van der Waals surface area contributed by atoms with Crippen LogP contribution in [-0.4, -0.2) is 44.9 Å². The Morgan fingerprint density at radius 2 is 2.17 bits per heavy atom. The van der Waals surface area contributed by atoms with Crippen LogP contribution in [0.15, 0.2) is 18.5 Å². The Bertz CT molecular complexity index is 685. The molecule has 0 aliphatic carbocycles. The second-order valence-corrected chi connectivity index (χ2v) is 7.02. The van der Waals surface area contributed by atoms with Crippen LogP contribution in [0.2, 0.25) is 0 Å². The maximum Gasteiger partial charge on any atom is 0.265 e. The van der Waals surface area contributed by atoms with Crippen molar-refractivity contribution < 1.29 is 4.79 Å². The molecule has 1 amide bonds. The van der Waals surface area contributed by atoms with Crippen LogP contribution in [0.4, 0.5) is 0 Å². The lowest BCUT2D eigenvalue weighted by Crippen LogP contribution is -2.45. The zero-order valence-electron chi connectivity index (χ0n) is 13.4. The second-order valence-electron chi connectivity index (χ2n) is 6.02. The van der Waals surface area contributed by atoms with Crippen LogP contribution in [0, 0.1) is 12.8 Å². The summed E-state index contributed by atoms with van der Waals surface area (Å²) < 4.78 is 0. The van der Waals surface area contributed by atoms with E-state index in [0.717, 1.165) is 31.6 Å². The minimum atomic E-state index is 0.0486. The van der Waals surface area contributed by atoms with Gasteiger partial charge in [0.1, 0.15) is 4.88 Å². The van der Waals surface area contributed by atoms with Gasteiger partial charge in [-0.25, -0.2) is 15.0 Å². The minimum Gasteiger partial charge on any atom is -0.338 e. The van der Waals surface area contributed by atoms with E-state index in [1.54, 1.807) is 18.5 Å². The van der Waals surface area contributed by atoms with Gasteiger partial charge in [0, 0.05) is 31.5 Å². The SMILES string of the molecule is Cc1nc(-c2ncccn2)sc1C(=O)N1CCCC(C(C)N)C1. The fraction of sp³-hybridized carbons (Fsp3) is 0.500. The number of piperidine rings is 1. The van der Waals surface area contributed by atoms with E-state index in [0.29, 0.717) is 21.6 Å². The fourth-order valence-electron chi connectivity index (χ4n) is 2.87. The first-order valence-corrected chi connectivity index (χ1v) is 8.67. The van der Waals surface area contributed by atoms with Gasteiger partial charge in [-0.1, -0.05) is 0 Å². The standard InChI is InChI=1S/C16H21N5OS/c1-10(17)12-5-3-8-21(9-12)16(22)13-11(2)20-15(23-13)14-18-6-4-7-19-14/h4,6-7,10,12H,3,5,8-9,17H2,1-2H3. The molecule has 6 nitrogen and oxygen atoms in total. The molecule has 2 unspecified atom stereocenters. The van der Waals surface area contributed by atoms with E-state index in [1.807, 2.05) is 18.7 Å². The monoisotopic (exact) mass is 331 g/mol. The van der Waals surface area contributed by atoms with Gasteiger partial charge in [0.25, 0.3) is 5.91 Å². The summed E-state index contributed by atoms with van der Waals surface area (Å²) >= 11 is 1.37. The van der Waals surface area contributed by atoms with Crippen molar-refractivity contribution in [2.24, 2.45) is 11.7 Å². The lowest BCUT2D eigenvalue weighted by Gasteiger charge is -2.34. The zero-order chi connectivity index (χ0) is 16.4. The molecule has 3 heterocycles. The van der Waals surface area contributed by atoms with Gasteiger partial charge in [-0.2, -0.15) is 0 Å². The molecule has 2 N–H and O–H groups in total. The Kier molecular flexibility index (Phi) is 4.68. The second kappa shape index (κ2) is 6.72. The predicted molar refractivity (Wildman–Crippen MR) is 90.2 cm³/mol. The first-order valence-electron chi connectivity index (χ1n) is 7.86. The lowest BCUT2D eigenvalue weighted by molar-refractivity contribution is 0.0665. The quantitative estimate of drug-likeness (QED) is 0.931. The molecule has 2 aromatic rings. The summed E-state index contributed by atoms with van der Waals surface area (Å²) in [5, 5.41) is 0.687. The molecule has 3 rings (SSSR count). The van der Waals surface area contributed by atoms with Crippen LogP contribution in [0.1, 0.15) is 35.1 Å². The first-order chi connectivity index (χ1) is 11.1. The van der Waals surface area contributed by atoms with Crippen LogP contribution in [0.5, 0.6) is 0 Å². The van der Waals surface area contributed by atoms with Crippen LogP contribution >= 0.6 is 11.3 Å². The van der Waals surface area contributed by atoms with Gasteiger partial charge in [0.05, 0.1) is 5.69 Å². The topological polar surface area (TPSA) is 85.0 Å². The largest absolute Gasteiger partial charge is 0.338 e. The van der Waals surface area contributed by atoms with Crippen molar-refractivity contribution in [1.82, 2.24) is 19.9 Å². The number of aromatic nitrogens is 3. The molecule has 1 aliphatic rings. The summed E-state index contributed by atoms with van der Waals surface area (Å²) in [6.07, 6.45) is 5.45. The number of thiazole rings is 1. The van der Waals surface area contributed by atoms with Crippen LogP contribution in [-0.2, 0) is 0 Å². The highest BCUT2D eigenvalue weighted by atomic mass is 32.1. The van der Waals surface area contributed by atoms with Gasteiger partial charge in [0.2, 0.25) is 0 Å². The molecule has 23 heavy (non-hydrogen) atoms. The molecule has 0 aromatic carbocycles. The number of aryl methyl sites for hydroxylation is 1. The Morgan fingerprint density at radius 3 is 2.87 bits per heavy atom. The number of hydrogen-bond acceptors (Lipinski definition) is 6. The van der Waals surface area contributed by atoms with E-state index in [1.165, 1.54) is 11.3 Å². The molecule has 2 atom stereocenters. The molecule has 0 saturated carbocycles. The number of rotatable bonds is 3. The van der Waals surface area contributed by atoms with Gasteiger partial charge < -0.3 is 10.6 Å². The molecule has 1 aliphatic heterocycles. The van der Waals surface area contributed by atoms with E-state index in [4.69, 9.17) is 5.73 Å². The van der Waals surface area contributed by atoms with Gasteiger partial charge in [-0.15, -0.1) is 11.3 Å². The van der Waals surface area contributed by atoms with Crippen molar-refractivity contribution in [1.29, 1.82) is 0 Å². The fourth-order valence-corrected chi connectivity index (χ4v) is 3.85. The lowest BCUT2D eigenvalue weighted by atomic mass is 9.92. The molecule has 0 radical (unpaired) electrons. The molecule has 7 heteroatoms. The molecule has 0 spiro atoms. The van der Waals surface area contributed by atoms with E-state index >= 15 is 0 Å². The van der Waals surface area contributed by atoms with Crippen LogP contribution < -0.4 is 5.73 Å². The van der Waals surface area contributed by atoms with Crippen LogP contribution in [0.3, 0.4) is 0 Å². The number of hydrogen-bond donors (Lipinski definition) is 1. The average Bonchev–Trinajstić information content (AvgIpc) is 2.97. The summed E-state index contributed by atoms with van der Waals surface area (Å²) in [5.41, 5.74) is 6.76. The van der Waals surface area contributed by atoms with E-state index in [-0.39, 0.29) is 11.9 Å². The van der Waals surface area contributed by atoms with Crippen LogP contribution in [0.25, 0.3) is 10.8 Å². The van der Waals surface area contributed by atoms with Gasteiger partial charge in [-0.05, 0) is 38.7 Å².